The topological polar surface area (TPSA) is 80.2 Å². The molecule has 1 aromatic rings. The monoisotopic (exact) mass is 293 g/mol. The molecule has 0 aromatic carbocycles. The first kappa shape index (κ1) is 16.9. The molecule has 0 aliphatic heterocycles. The average molecular weight is 293 g/mol. The number of pyridine rings is 1. The van der Waals surface area contributed by atoms with E-state index in [1.807, 2.05) is 13.8 Å². The second-order valence-corrected chi connectivity index (χ2v) is 5.76. The highest BCUT2D eigenvalue weighted by atomic mass is 16.2. The van der Waals surface area contributed by atoms with Crippen molar-refractivity contribution in [3.63, 3.8) is 0 Å². The number of hydrogen-bond donors (Lipinski definition) is 2. The fourth-order valence-corrected chi connectivity index (χ4v) is 1.89. The molecule has 0 spiro atoms. The molecular formula is C15H23N3O3. The van der Waals surface area contributed by atoms with Gasteiger partial charge in [0.05, 0.1) is 0 Å². The van der Waals surface area contributed by atoms with Crippen molar-refractivity contribution >= 4 is 11.8 Å². The van der Waals surface area contributed by atoms with Crippen molar-refractivity contribution in [2.75, 3.05) is 7.05 Å². The first-order chi connectivity index (χ1) is 9.68. The summed E-state index contributed by atoms with van der Waals surface area (Å²) in [6.07, 6.45) is 0.806. The van der Waals surface area contributed by atoms with Crippen molar-refractivity contribution in [3.8, 4) is 0 Å². The Bertz CT molecular complexity index is 603. The van der Waals surface area contributed by atoms with E-state index in [9.17, 15) is 14.4 Å². The van der Waals surface area contributed by atoms with Crippen LogP contribution in [0.2, 0.25) is 0 Å². The van der Waals surface area contributed by atoms with Gasteiger partial charge in [-0.15, -0.1) is 0 Å². The van der Waals surface area contributed by atoms with Crippen molar-refractivity contribution in [2.45, 2.75) is 39.2 Å². The summed E-state index contributed by atoms with van der Waals surface area (Å²) >= 11 is 0. The molecule has 6 heteroatoms. The zero-order chi connectivity index (χ0) is 16.2. The summed E-state index contributed by atoms with van der Waals surface area (Å²) in [5.74, 6) is -0.499. The van der Waals surface area contributed by atoms with Gasteiger partial charge >= 0.3 is 0 Å². The molecule has 6 nitrogen and oxygen atoms in total. The summed E-state index contributed by atoms with van der Waals surface area (Å²) in [7, 11) is 3.20. The van der Waals surface area contributed by atoms with Crippen LogP contribution < -0.4 is 16.2 Å². The van der Waals surface area contributed by atoms with Crippen LogP contribution in [0.15, 0.2) is 16.9 Å². The van der Waals surface area contributed by atoms with Gasteiger partial charge in [-0.2, -0.15) is 0 Å². The maximum absolute atomic E-state index is 12.2. The molecule has 1 rings (SSSR count). The SMILES string of the molecule is CNC(=O)CCC(C)(C)NC(=O)c1ccc(C)n(C)c1=O. The largest absolute Gasteiger partial charge is 0.359 e. The predicted octanol–water partition coefficient (Wildman–Crippen LogP) is 0.728. The molecule has 2 amide bonds. The van der Waals surface area contributed by atoms with Crippen molar-refractivity contribution in [3.05, 3.63) is 33.7 Å². The van der Waals surface area contributed by atoms with Crippen LogP contribution in [0, 0.1) is 6.92 Å². The highest BCUT2D eigenvalue weighted by Gasteiger charge is 2.23. The highest BCUT2D eigenvalue weighted by Crippen LogP contribution is 2.12. The minimum atomic E-state index is -0.570. The molecule has 0 aliphatic rings. The van der Waals surface area contributed by atoms with Crippen LogP contribution in [-0.4, -0.2) is 29.0 Å². The lowest BCUT2D eigenvalue weighted by molar-refractivity contribution is -0.121. The third-order valence-electron chi connectivity index (χ3n) is 3.51. The molecule has 1 aromatic heterocycles. The quantitative estimate of drug-likeness (QED) is 0.840. The predicted molar refractivity (Wildman–Crippen MR) is 81.3 cm³/mol. The molecule has 1 heterocycles. The van der Waals surface area contributed by atoms with Gasteiger partial charge < -0.3 is 15.2 Å². The van der Waals surface area contributed by atoms with Crippen molar-refractivity contribution in [2.24, 2.45) is 7.05 Å². The lowest BCUT2D eigenvalue weighted by atomic mass is 9.97. The zero-order valence-electron chi connectivity index (χ0n) is 13.2. The minimum Gasteiger partial charge on any atom is -0.359 e. The number of carbonyl (C=O) groups is 2. The number of amides is 2. The summed E-state index contributed by atoms with van der Waals surface area (Å²) in [5, 5.41) is 5.35. The van der Waals surface area contributed by atoms with Gasteiger partial charge in [-0.1, -0.05) is 0 Å². The Labute approximate surface area is 124 Å². The van der Waals surface area contributed by atoms with Crippen LogP contribution in [0.25, 0.3) is 0 Å². The Morgan fingerprint density at radius 3 is 2.48 bits per heavy atom. The molecule has 0 atom stereocenters. The fourth-order valence-electron chi connectivity index (χ4n) is 1.89. The number of carbonyl (C=O) groups excluding carboxylic acids is 2. The molecule has 116 valence electrons. The smallest absolute Gasteiger partial charge is 0.263 e. The third kappa shape index (κ3) is 4.44. The van der Waals surface area contributed by atoms with Crippen LogP contribution in [-0.2, 0) is 11.8 Å². The van der Waals surface area contributed by atoms with Gasteiger partial charge in [-0.3, -0.25) is 14.4 Å². The van der Waals surface area contributed by atoms with E-state index in [-0.39, 0.29) is 17.0 Å². The third-order valence-corrected chi connectivity index (χ3v) is 3.51. The molecular weight excluding hydrogens is 270 g/mol. The van der Waals surface area contributed by atoms with E-state index in [0.717, 1.165) is 5.69 Å². The van der Waals surface area contributed by atoms with Gasteiger partial charge in [0, 0.05) is 31.7 Å². The number of hydrogen-bond acceptors (Lipinski definition) is 3. The zero-order valence-corrected chi connectivity index (χ0v) is 13.2. The molecule has 0 aliphatic carbocycles. The molecule has 0 saturated heterocycles. The van der Waals surface area contributed by atoms with E-state index in [2.05, 4.69) is 10.6 Å². The van der Waals surface area contributed by atoms with E-state index >= 15 is 0 Å². The van der Waals surface area contributed by atoms with Crippen LogP contribution in [0.3, 0.4) is 0 Å². The summed E-state index contributed by atoms with van der Waals surface area (Å²) < 4.78 is 1.44. The maximum atomic E-state index is 12.2. The fraction of sp³-hybridized carbons (Fsp3) is 0.533. The molecule has 0 saturated carbocycles. The number of nitrogens with zero attached hydrogens (tertiary/aromatic N) is 1. The van der Waals surface area contributed by atoms with Gasteiger partial charge in [0.1, 0.15) is 5.56 Å². The molecule has 0 unspecified atom stereocenters. The molecule has 0 fully saturated rings. The molecule has 0 radical (unpaired) electrons. The lowest BCUT2D eigenvalue weighted by Gasteiger charge is -2.26. The standard InChI is InChI=1S/C15H23N3O3/c1-10-6-7-11(14(21)18(10)5)13(20)17-15(2,3)9-8-12(19)16-4/h6-7H,8-9H2,1-5H3,(H,16,19)(H,17,20). The lowest BCUT2D eigenvalue weighted by Crippen LogP contribution is -2.46. The second-order valence-electron chi connectivity index (χ2n) is 5.76. The summed E-state index contributed by atoms with van der Waals surface area (Å²) in [4.78, 5) is 35.6. The van der Waals surface area contributed by atoms with Gasteiger partial charge in [0.2, 0.25) is 5.91 Å². The van der Waals surface area contributed by atoms with Crippen molar-refractivity contribution in [1.82, 2.24) is 15.2 Å². The van der Waals surface area contributed by atoms with Gasteiger partial charge in [0.25, 0.3) is 11.5 Å². The number of rotatable bonds is 5. The Hall–Kier alpha value is -2.11. The van der Waals surface area contributed by atoms with Gasteiger partial charge in [-0.25, -0.2) is 0 Å². The Morgan fingerprint density at radius 1 is 1.29 bits per heavy atom. The summed E-state index contributed by atoms with van der Waals surface area (Å²) in [5.41, 5.74) is 0.000556. The average Bonchev–Trinajstić information content (AvgIpc) is 2.41. The first-order valence-corrected chi connectivity index (χ1v) is 6.87. The first-order valence-electron chi connectivity index (χ1n) is 6.87. The van der Waals surface area contributed by atoms with E-state index in [4.69, 9.17) is 0 Å². The van der Waals surface area contributed by atoms with E-state index < -0.39 is 11.4 Å². The normalized spacial score (nSPS) is 11.1. The number of aryl methyl sites for hydroxylation is 1. The summed E-state index contributed by atoms with van der Waals surface area (Å²) in [6.45, 7) is 5.45. The maximum Gasteiger partial charge on any atom is 0.263 e. The van der Waals surface area contributed by atoms with Crippen molar-refractivity contribution < 1.29 is 9.59 Å². The van der Waals surface area contributed by atoms with Gasteiger partial charge in [0.15, 0.2) is 0 Å². The van der Waals surface area contributed by atoms with Crippen LogP contribution in [0.4, 0.5) is 0 Å². The molecule has 2 N–H and O–H groups in total. The van der Waals surface area contributed by atoms with Crippen molar-refractivity contribution in [1.29, 1.82) is 0 Å². The minimum absolute atomic E-state index is 0.0800. The Kier molecular flexibility index (Phi) is 5.29. The van der Waals surface area contributed by atoms with Crippen LogP contribution in [0.1, 0.15) is 42.7 Å². The highest BCUT2D eigenvalue weighted by molar-refractivity contribution is 5.94. The molecule has 0 bridgehead atoms. The molecule has 21 heavy (non-hydrogen) atoms. The van der Waals surface area contributed by atoms with Gasteiger partial charge in [-0.05, 0) is 39.3 Å². The Balaban J connectivity index is 2.83. The number of aromatic nitrogens is 1. The number of nitrogens with one attached hydrogen (secondary N) is 2. The van der Waals surface area contributed by atoms with Crippen LogP contribution >= 0.6 is 0 Å². The van der Waals surface area contributed by atoms with E-state index in [1.54, 1.807) is 27.1 Å². The van der Waals surface area contributed by atoms with Crippen LogP contribution in [0.5, 0.6) is 0 Å². The van der Waals surface area contributed by atoms with E-state index in [0.29, 0.717) is 12.8 Å². The van der Waals surface area contributed by atoms with E-state index in [1.165, 1.54) is 10.6 Å². The Morgan fingerprint density at radius 2 is 1.90 bits per heavy atom. The second kappa shape index (κ2) is 6.56. The summed E-state index contributed by atoms with van der Waals surface area (Å²) in [6, 6.07) is 3.26.